The summed E-state index contributed by atoms with van der Waals surface area (Å²) in [4.78, 5) is 0. The Morgan fingerprint density at radius 3 is 3.18 bits per heavy atom. The van der Waals surface area contributed by atoms with Crippen molar-refractivity contribution in [2.45, 2.75) is 32.2 Å². The van der Waals surface area contributed by atoms with Crippen molar-refractivity contribution in [2.24, 2.45) is 0 Å². The predicted octanol–water partition coefficient (Wildman–Crippen LogP) is 2.69. The molecule has 0 saturated carbocycles. The fraction of sp³-hybridized carbons (Fsp3) is 0.467. The SMILES string of the molecule is C#CCOc1ccc2c(c1)CCC2NCCC. The van der Waals surface area contributed by atoms with E-state index in [0.717, 1.165) is 18.7 Å². The van der Waals surface area contributed by atoms with Crippen LogP contribution in [-0.4, -0.2) is 13.2 Å². The normalized spacial score (nSPS) is 17.5. The van der Waals surface area contributed by atoms with Crippen LogP contribution in [0.3, 0.4) is 0 Å². The molecule has 1 aliphatic carbocycles. The lowest BCUT2D eigenvalue weighted by Gasteiger charge is -2.13. The third-order valence-electron chi connectivity index (χ3n) is 3.16. The lowest BCUT2D eigenvalue weighted by molar-refractivity contribution is 0.370. The molecule has 0 spiro atoms. The number of nitrogens with one attached hydrogen (secondary N) is 1. The molecule has 2 nitrogen and oxygen atoms in total. The van der Waals surface area contributed by atoms with Gasteiger partial charge in [-0.15, -0.1) is 6.42 Å². The molecule has 0 aliphatic heterocycles. The lowest BCUT2D eigenvalue weighted by atomic mass is 10.1. The van der Waals surface area contributed by atoms with Crippen LogP contribution < -0.4 is 10.1 Å². The molecule has 0 bridgehead atoms. The summed E-state index contributed by atoms with van der Waals surface area (Å²) in [6.07, 6.45) is 8.67. The van der Waals surface area contributed by atoms with Crippen LogP contribution in [0, 0.1) is 12.3 Å². The molecule has 0 amide bonds. The Labute approximate surface area is 103 Å². The minimum atomic E-state index is 0.344. The molecule has 1 aliphatic rings. The highest BCUT2D eigenvalue weighted by Crippen LogP contribution is 2.33. The summed E-state index contributed by atoms with van der Waals surface area (Å²) in [6.45, 7) is 3.62. The first kappa shape index (κ1) is 12.0. The van der Waals surface area contributed by atoms with E-state index in [4.69, 9.17) is 11.2 Å². The topological polar surface area (TPSA) is 21.3 Å². The Morgan fingerprint density at radius 2 is 2.41 bits per heavy atom. The molecule has 1 N–H and O–H groups in total. The maximum atomic E-state index is 5.44. The fourth-order valence-electron chi connectivity index (χ4n) is 2.34. The van der Waals surface area contributed by atoms with Crippen molar-refractivity contribution in [2.75, 3.05) is 13.2 Å². The molecule has 2 heteroatoms. The molecule has 0 radical (unpaired) electrons. The first-order chi connectivity index (χ1) is 8.35. The molecule has 1 atom stereocenters. The van der Waals surface area contributed by atoms with Gasteiger partial charge in [-0.25, -0.2) is 0 Å². The summed E-state index contributed by atoms with van der Waals surface area (Å²) in [5.41, 5.74) is 2.82. The van der Waals surface area contributed by atoms with Crippen molar-refractivity contribution in [3.8, 4) is 18.1 Å². The van der Waals surface area contributed by atoms with Gasteiger partial charge in [0.2, 0.25) is 0 Å². The van der Waals surface area contributed by atoms with E-state index in [0.29, 0.717) is 12.6 Å². The van der Waals surface area contributed by atoms with Crippen LogP contribution in [0.15, 0.2) is 18.2 Å². The van der Waals surface area contributed by atoms with Crippen molar-refractivity contribution < 1.29 is 4.74 Å². The Bertz CT molecular complexity index is 419. The summed E-state index contributed by atoms with van der Waals surface area (Å²) in [6, 6.07) is 6.83. The second-order valence-corrected chi connectivity index (χ2v) is 4.40. The van der Waals surface area contributed by atoms with Gasteiger partial charge in [0.25, 0.3) is 0 Å². The zero-order chi connectivity index (χ0) is 12.1. The van der Waals surface area contributed by atoms with E-state index in [1.807, 2.05) is 6.07 Å². The molecule has 1 aromatic rings. The first-order valence-corrected chi connectivity index (χ1v) is 6.27. The lowest BCUT2D eigenvalue weighted by Crippen LogP contribution is -2.19. The van der Waals surface area contributed by atoms with E-state index < -0.39 is 0 Å². The summed E-state index contributed by atoms with van der Waals surface area (Å²) in [7, 11) is 0. The number of ether oxygens (including phenoxy) is 1. The van der Waals surface area contributed by atoms with Gasteiger partial charge in [-0.1, -0.05) is 18.9 Å². The molecule has 0 aromatic heterocycles. The first-order valence-electron chi connectivity index (χ1n) is 6.27. The highest BCUT2D eigenvalue weighted by atomic mass is 16.5. The quantitative estimate of drug-likeness (QED) is 0.784. The van der Waals surface area contributed by atoms with Gasteiger partial charge >= 0.3 is 0 Å². The van der Waals surface area contributed by atoms with Gasteiger partial charge in [0, 0.05) is 6.04 Å². The molecule has 17 heavy (non-hydrogen) atoms. The number of aryl methyl sites for hydroxylation is 1. The molecule has 0 fully saturated rings. The third-order valence-corrected chi connectivity index (χ3v) is 3.16. The van der Waals surface area contributed by atoms with Gasteiger partial charge in [0.05, 0.1) is 0 Å². The highest BCUT2D eigenvalue weighted by molar-refractivity contribution is 5.40. The molecular weight excluding hydrogens is 210 g/mol. The Hall–Kier alpha value is -1.46. The average Bonchev–Trinajstić information content (AvgIpc) is 2.76. The van der Waals surface area contributed by atoms with Crippen LogP contribution in [-0.2, 0) is 6.42 Å². The number of hydrogen-bond donors (Lipinski definition) is 1. The van der Waals surface area contributed by atoms with E-state index >= 15 is 0 Å². The van der Waals surface area contributed by atoms with E-state index in [9.17, 15) is 0 Å². The van der Waals surface area contributed by atoms with Crippen LogP contribution in [0.1, 0.15) is 36.9 Å². The van der Waals surface area contributed by atoms with Crippen molar-refractivity contribution in [3.05, 3.63) is 29.3 Å². The number of benzene rings is 1. The molecule has 1 aromatic carbocycles. The Morgan fingerprint density at radius 1 is 1.53 bits per heavy atom. The highest BCUT2D eigenvalue weighted by Gasteiger charge is 2.21. The van der Waals surface area contributed by atoms with Gasteiger partial charge in [0.1, 0.15) is 12.4 Å². The van der Waals surface area contributed by atoms with Crippen molar-refractivity contribution in [1.82, 2.24) is 5.32 Å². The third kappa shape index (κ3) is 2.81. The second kappa shape index (κ2) is 5.75. The van der Waals surface area contributed by atoms with Gasteiger partial charge < -0.3 is 10.1 Å². The van der Waals surface area contributed by atoms with Gasteiger partial charge in [-0.05, 0) is 49.1 Å². The Kier molecular flexibility index (Phi) is 4.06. The maximum absolute atomic E-state index is 5.44. The largest absolute Gasteiger partial charge is 0.481 e. The number of rotatable bonds is 5. The van der Waals surface area contributed by atoms with Crippen LogP contribution in [0.5, 0.6) is 5.75 Å². The van der Waals surface area contributed by atoms with Crippen molar-refractivity contribution in [3.63, 3.8) is 0 Å². The van der Waals surface area contributed by atoms with Gasteiger partial charge in [-0.2, -0.15) is 0 Å². The Balaban J connectivity index is 2.06. The molecule has 2 rings (SSSR count). The second-order valence-electron chi connectivity index (χ2n) is 4.40. The predicted molar refractivity (Wildman–Crippen MR) is 70.1 cm³/mol. The minimum Gasteiger partial charge on any atom is -0.481 e. The number of fused-ring (bicyclic) bond motifs is 1. The standard InChI is InChI=1S/C15H19NO/c1-3-9-16-15-8-5-12-11-13(17-10-4-2)6-7-14(12)15/h2,6-7,11,15-16H,3,5,8-10H2,1H3. The van der Waals surface area contributed by atoms with Gasteiger partial charge in [0.15, 0.2) is 0 Å². The number of hydrogen-bond acceptors (Lipinski definition) is 2. The smallest absolute Gasteiger partial charge is 0.148 e. The number of terminal acetylenes is 1. The van der Waals surface area contributed by atoms with E-state index in [-0.39, 0.29) is 0 Å². The molecule has 90 valence electrons. The molecule has 0 saturated heterocycles. The zero-order valence-electron chi connectivity index (χ0n) is 10.3. The minimum absolute atomic E-state index is 0.344. The van der Waals surface area contributed by atoms with Crippen LogP contribution in [0.4, 0.5) is 0 Å². The summed E-state index contributed by atoms with van der Waals surface area (Å²) in [5, 5.41) is 3.58. The molecular formula is C15H19NO. The monoisotopic (exact) mass is 229 g/mol. The average molecular weight is 229 g/mol. The van der Waals surface area contributed by atoms with Crippen LogP contribution in [0.2, 0.25) is 0 Å². The van der Waals surface area contributed by atoms with Crippen molar-refractivity contribution >= 4 is 0 Å². The van der Waals surface area contributed by atoms with Crippen LogP contribution >= 0.6 is 0 Å². The maximum Gasteiger partial charge on any atom is 0.148 e. The zero-order valence-corrected chi connectivity index (χ0v) is 10.3. The van der Waals surface area contributed by atoms with E-state index in [1.165, 1.54) is 24.0 Å². The fourth-order valence-corrected chi connectivity index (χ4v) is 2.34. The summed E-state index contributed by atoms with van der Waals surface area (Å²) in [5.74, 6) is 3.37. The van der Waals surface area contributed by atoms with Crippen molar-refractivity contribution in [1.29, 1.82) is 0 Å². The molecule has 0 heterocycles. The summed E-state index contributed by atoms with van der Waals surface area (Å²) < 4.78 is 5.44. The van der Waals surface area contributed by atoms with E-state index in [1.54, 1.807) is 0 Å². The summed E-state index contributed by atoms with van der Waals surface area (Å²) >= 11 is 0. The van der Waals surface area contributed by atoms with Crippen LogP contribution in [0.25, 0.3) is 0 Å². The van der Waals surface area contributed by atoms with Gasteiger partial charge in [-0.3, -0.25) is 0 Å². The van der Waals surface area contributed by atoms with E-state index in [2.05, 4.69) is 30.3 Å². The molecule has 1 unspecified atom stereocenters.